The van der Waals surface area contributed by atoms with Crippen molar-refractivity contribution >= 4 is 11.8 Å². The third-order valence-electron chi connectivity index (χ3n) is 2.51. The summed E-state index contributed by atoms with van der Waals surface area (Å²) in [7, 11) is 1.81. The van der Waals surface area contributed by atoms with Crippen LogP contribution in [0.1, 0.15) is 20.8 Å². The quantitative estimate of drug-likeness (QED) is 0.912. The topological polar surface area (TPSA) is 56.2 Å². The number of rotatable bonds is 2. The van der Waals surface area contributed by atoms with Crippen LogP contribution in [0.4, 0.5) is 10.5 Å². The van der Waals surface area contributed by atoms with Gasteiger partial charge in [0.15, 0.2) is 0 Å². The van der Waals surface area contributed by atoms with E-state index in [1.54, 1.807) is 10.9 Å². The Labute approximate surface area is 118 Å². The van der Waals surface area contributed by atoms with E-state index in [1.807, 2.05) is 58.2 Å². The number of nitrogens with one attached hydrogen (secondary N) is 1. The maximum atomic E-state index is 11.9. The average molecular weight is 273 g/mol. The van der Waals surface area contributed by atoms with Crippen molar-refractivity contribution in [2.24, 2.45) is 7.05 Å². The number of carbonyl (C=O) groups is 1. The molecule has 0 aliphatic rings. The fraction of sp³-hybridized carbons (Fsp3) is 0.333. The van der Waals surface area contributed by atoms with Crippen molar-refractivity contribution in [1.82, 2.24) is 9.78 Å². The van der Waals surface area contributed by atoms with Gasteiger partial charge in [-0.15, -0.1) is 0 Å². The van der Waals surface area contributed by atoms with Crippen molar-refractivity contribution in [2.45, 2.75) is 26.4 Å². The molecule has 0 spiro atoms. The summed E-state index contributed by atoms with van der Waals surface area (Å²) in [6.07, 6.45) is 1.27. The van der Waals surface area contributed by atoms with E-state index in [0.29, 0.717) is 5.69 Å². The molecule has 2 aromatic rings. The summed E-state index contributed by atoms with van der Waals surface area (Å²) in [5.74, 6) is 0. The number of aryl methyl sites for hydroxylation is 1. The molecule has 0 aliphatic carbocycles. The third-order valence-corrected chi connectivity index (χ3v) is 2.51. The number of hydrogen-bond acceptors (Lipinski definition) is 3. The second-order valence-corrected chi connectivity index (χ2v) is 5.56. The number of nitrogens with zero attached hydrogens (tertiary/aromatic N) is 2. The molecule has 106 valence electrons. The summed E-state index contributed by atoms with van der Waals surface area (Å²) in [6.45, 7) is 5.48. The van der Waals surface area contributed by atoms with Gasteiger partial charge in [-0.1, -0.05) is 30.3 Å². The zero-order chi connectivity index (χ0) is 14.8. The average Bonchev–Trinajstić information content (AvgIpc) is 2.68. The van der Waals surface area contributed by atoms with Crippen LogP contribution in [0.15, 0.2) is 36.5 Å². The van der Waals surface area contributed by atoms with E-state index < -0.39 is 11.7 Å². The molecule has 0 radical (unpaired) electrons. The molecule has 1 heterocycles. The monoisotopic (exact) mass is 273 g/mol. The lowest BCUT2D eigenvalue weighted by molar-refractivity contribution is 0.0636. The van der Waals surface area contributed by atoms with E-state index >= 15 is 0 Å². The van der Waals surface area contributed by atoms with Gasteiger partial charge >= 0.3 is 6.09 Å². The molecule has 0 fully saturated rings. The van der Waals surface area contributed by atoms with Gasteiger partial charge < -0.3 is 4.74 Å². The van der Waals surface area contributed by atoms with E-state index in [4.69, 9.17) is 4.74 Å². The van der Waals surface area contributed by atoms with E-state index in [2.05, 4.69) is 10.4 Å². The summed E-state index contributed by atoms with van der Waals surface area (Å²) in [6, 6.07) is 9.70. The number of ether oxygens (including phenoxy) is 1. The predicted molar refractivity (Wildman–Crippen MR) is 78.5 cm³/mol. The largest absolute Gasteiger partial charge is 0.444 e. The number of aromatic nitrogens is 2. The Morgan fingerprint density at radius 3 is 2.50 bits per heavy atom. The first kappa shape index (κ1) is 14.1. The Morgan fingerprint density at radius 1 is 1.25 bits per heavy atom. The van der Waals surface area contributed by atoms with E-state index in [0.717, 1.165) is 11.3 Å². The molecular weight excluding hydrogens is 254 g/mol. The number of benzene rings is 1. The summed E-state index contributed by atoms with van der Waals surface area (Å²) in [4.78, 5) is 11.9. The van der Waals surface area contributed by atoms with Crippen molar-refractivity contribution in [3.8, 4) is 11.3 Å². The molecule has 0 saturated heterocycles. The molecule has 2 rings (SSSR count). The highest BCUT2D eigenvalue weighted by molar-refractivity contribution is 5.90. The van der Waals surface area contributed by atoms with Crippen LogP contribution in [-0.2, 0) is 11.8 Å². The van der Waals surface area contributed by atoms with Crippen molar-refractivity contribution < 1.29 is 9.53 Å². The number of anilines is 1. The lowest BCUT2D eigenvalue weighted by atomic mass is 10.1. The van der Waals surface area contributed by atoms with Gasteiger partial charge in [0.1, 0.15) is 11.3 Å². The first-order valence-corrected chi connectivity index (χ1v) is 6.44. The predicted octanol–water partition coefficient (Wildman–Crippen LogP) is 3.43. The van der Waals surface area contributed by atoms with Crippen LogP contribution in [0.3, 0.4) is 0 Å². The second-order valence-electron chi connectivity index (χ2n) is 5.56. The van der Waals surface area contributed by atoms with E-state index in [-0.39, 0.29) is 0 Å². The summed E-state index contributed by atoms with van der Waals surface area (Å²) in [5, 5.41) is 7.12. The van der Waals surface area contributed by atoms with Gasteiger partial charge in [-0.3, -0.25) is 10.00 Å². The van der Waals surface area contributed by atoms with Crippen LogP contribution < -0.4 is 5.32 Å². The number of amides is 1. The minimum atomic E-state index is -0.529. The van der Waals surface area contributed by atoms with Gasteiger partial charge in [-0.05, 0) is 20.8 Å². The van der Waals surface area contributed by atoms with Crippen LogP contribution >= 0.6 is 0 Å². The second kappa shape index (κ2) is 5.36. The normalized spacial score (nSPS) is 11.2. The molecule has 1 aromatic heterocycles. The Hall–Kier alpha value is -2.30. The molecule has 0 saturated carbocycles. The van der Waals surface area contributed by atoms with Crippen molar-refractivity contribution in [3.05, 3.63) is 36.5 Å². The number of hydrogen-bond donors (Lipinski definition) is 1. The zero-order valence-corrected chi connectivity index (χ0v) is 12.2. The van der Waals surface area contributed by atoms with Crippen molar-refractivity contribution in [2.75, 3.05) is 5.32 Å². The Bertz CT molecular complexity index is 597. The highest BCUT2D eigenvalue weighted by Crippen LogP contribution is 2.26. The fourth-order valence-electron chi connectivity index (χ4n) is 1.80. The lowest BCUT2D eigenvalue weighted by Gasteiger charge is -2.19. The van der Waals surface area contributed by atoms with Crippen LogP contribution in [0.25, 0.3) is 11.3 Å². The van der Waals surface area contributed by atoms with Gasteiger partial charge in [0.25, 0.3) is 0 Å². The zero-order valence-electron chi connectivity index (χ0n) is 12.2. The molecule has 5 nitrogen and oxygen atoms in total. The molecule has 5 heteroatoms. The minimum Gasteiger partial charge on any atom is -0.444 e. The van der Waals surface area contributed by atoms with Gasteiger partial charge in [0, 0.05) is 18.8 Å². The van der Waals surface area contributed by atoms with Crippen LogP contribution in [-0.4, -0.2) is 21.5 Å². The van der Waals surface area contributed by atoms with Gasteiger partial charge in [0.05, 0.1) is 5.69 Å². The summed E-state index contributed by atoms with van der Waals surface area (Å²) in [5.41, 5.74) is 1.77. The Balaban J connectivity index is 2.23. The standard InChI is InChI=1S/C15H19N3O2/c1-15(2,3)20-14(19)16-12-10-18(4)17-13(12)11-8-6-5-7-9-11/h5-10H,1-4H3,(H,16,19). The molecular formula is C15H19N3O2. The minimum absolute atomic E-state index is 0.484. The molecule has 0 bridgehead atoms. The number of carbonyl (C=O) groups excluding carboxylic acids is 1. The van der Waals surface area contributed by atoms with Crippen molar-refractivity contribution in [3.63, 3.8) is 0 Å². The van der Waals surface area contributed by atoms with E-state index in [9.17, 15) is 4.79 Å². The van der Waals surface area contributed by atoms with Crippen LogP contribution in [0.5, 0.6) is 0 Å². The van der Waals surface area contributed by atoms with Crippen LogP contribution in [0, 0.1) is 0 Å². The summed E-state index contributed by atoms with van der Waals surface area (Å²) < 4.78 is 6.92. The maximum absolute atomic E-state index is 11.9. The molecule has 20 heavy (non-hydrogen) atoms. The molecule has 1 aromatic carbocycles. The fourth-order valence-corrected chi connectivity index (χ4v) is 1.80. The first-order valence-electron chi connectivity index (χ1n) is 6.44. The SMILES string of the molecule is Cn1cc(NC(=O)OC(C)(C)C)c(-c2ccccc2)n1. The third kappa shape index (κ3) is 3.60. The van der Waals surface area contributed by atoms with Crippen molar-refractivity contribution in [1.29, 1.82) is 0 Å². The maximum Gasteiger partial charge on any atom is 0.412 e. The van der Waals surface area contributed by atoms with E-state index in [1.165, 1.54) is 0 Å². The highest BCUT2D eigenvalue weighted by atomic mass is 16.6. The molecule has 0 unspecified atom stereocenters. The molecule has 1 N–H and O–H groups in total. The van der Waals surface area contributed by atoms with Gasteiger partial charge in [0.2, 0.25) is 0 Å². The Morgan fingerprint density at radius 2 is 1.90 bits per heavy atom. The molecule has 0 aliphatic heterocycles. The smallest absolute Gasteiger partial charge is 0.412 e. The first-order chi connectivity index (χ1) is 9.35. The highest BCUT2D eigenvalue weighted by Gasteiger charge is 2.18. The van der Waals surface area contributed by atoms with Gasteiger partial charge in [-0.2, -0.15) is 5.10 Å². The van der Waals surface area contributed by atoms with Gasteiger partial charge in [-0.25, -0.2) is 4.79 Å². The molecule has 0 atom stereocenters. The van der Waals surface area contributed by atoms with Crippen LogP contribution in [0.2, 0.25) is 0 Å². The Kier molecular flexibility index (Phi) is 3.79. The molecule has 1 amide bonds. The summed E-state index contributed by atoms with van der Waals surface area (Å²) >= 11 is 0. The lowest BCUT2D eigenvalue weighted by Crippen LogP contribution is -2.27.